The van der Waals surface area contributed by atoms with E-state index in [2.05, 4.69) is 33.2 Å². The predicted molar refractivity (Wildman–Crippen MR) is 87.8 cm³/mol. The van der Waals surface area contributed by atoms with Gasteiger partial charge in [0.25, 0.3) is 5.91 Å². The lowest BCUT2D eigenvalue weighted by Crippen LogP contribution is -2.29. The van der Waals surface area contributed by atoms with E-state index in [1.165, 1.54) is 0 Å². The van der Waals surface area contributed by atoms with Gasteiger partial charge in [-0.05, 0) is 72.8 Å². The summed E-state index contributed by atoms with van der Waals surface area (Å²) in [4.78, 5) is 11.8. The van der Waals surface area contributed by atoms with E-state index in [4.69, 9.17) is 4.42 Å². The Labute approximate surface area is 132 Å². The summed E-state index contributed by atoms with van der Waals surface area (Å²) < 4.78 is 6.35. The topological polar surface area (TPSA) is 54.3 Å². The second kappa shape index (κ2) is 6.78. The summed E-state index contributed by atoms with van der Waals surface area (Å²) in [6, 6.07) is 11.4. The van der Waals surface area contributed by atoms with Crippen LogP contribution < -0.4 is 10.6 Å². The van der Waals surface area contributed by atoms with E-state index in [1.807, 2.05) is 50.2 Å². The smallest absolute Gasteiger partial charge is 0.251 e. The first-order valence-electron chi connectivity index (χ1n) is 6.43. The van der Waals surface area contributed by atoms with Gasteiger partial charge in [0.1, 0.15) is 5.76 Å². The Morgan fingerprint density at radius 1 is 1.20 bits per heavy atom. The molecule has 0 radical (unpaired) electrons. The maximum atomic E-state index is 11.8. The zero-order valence-electron chi connectivity index (χ0n) is 11.4. The third kappa shape index (κ3) is 4.26. The van der Waals surface area contributed by atoms with Gasteiger partial charge in [0.05, 0.1) is 6.54 Å². The first-order chi connectivity index (χ1) is 9.54. The summed E-state index contributed by atoms with van der Waals surface area (Å²) in [5, 5.41) is 6.12. The molecule has 106 valence electrons. The number of carbonyl (C=O) groups is 1. The minimum absolute atomic E-state index is 0.0489. The van der Waals surface area contributed by atoms with Crippen molar-refractivity contribution in [1.82, 2.24) is 5.32 Å². The fraction of sp³-hybridized carbons (Fsp3) is 0.267. The van der Waals surface area contributed by atoms with Crippen molar-refractivity contribution in [3.63, 3.8) is 0 Å². The molecule has 1 heterocycles. The van der Waals surface area contributed by atoms with Gasteiger partial charge in [0.2, 0.25) is 0 Å². The first-order valence-corrected chi connectivity index (χ1v) is 7.51. The van der Waals surface area contributed by atoms with Crippen LogP contribution in [0, 0.1) is 3.77 Å². The van der Waals surface area contributed by atoms with Gasteiger partial charge in [-0.15, -0.1) is 0 Å². The molecule has 5 heteroatoms. The van der Waals surface area contributed by atoms with E-state index < -0.39 is 0 Å². The largest absolute Gasteiger partial charge is 0.454 e. The minimum Gasteiger partial charge on any atom is -0.454 e. The van der Waals surface area contributed by atoms with E-state index in [-0.39, 0.29) is 11.9 Å². The molecule has 0 fully saturated rings. The van der Waals surface area contributed by atoms with Crippen molar-refractivity contribution in [2.45, 2.75) is 26.4 Å². The number of furan rings is 1. The summed E-state index contributed by atoms with van der Waals surface area (Å²) in [6.07, 6.45) is 0. The van der Waals surface area contributed by atoms with Crippen molar-refractivity contribution in [2.24, 2.45) is 0 Å². The van der Waals surface area contributed by atoms with Crippen LogP contribution in [0.2, 0.25) is 0 Å². The van der Waals surface area contributed by atoms with E-state index in [0.717, 1.165) is 15.2 Å². The number of carbonyl (C=O) groups excluding carboxylic acids is 1. The van der Waals surface area contributed by atoms with Crippen LogP contribution in [0.5, 0.6) is 0 Å². The number of nitrogens with one attached hydrogen (secondary N) is 2. The Morgan fingerprint density at radius 3 is 2.45 bits per heavy atom. The van der Waals surface area contributed by atoms with Crippen LogP contribution in [0.1, 0.15) is 30.0 Å². The van der Waals surface area contributed by atoms with E-state index in [9.17, 15) is 4.79 Å². The van der Waals surface area contributed by atoms with E-state index in [1.54, 1.807) is 0 Å². The predicted octanol–water partition coefficient (Wildman–Crippen LogP) is 3.63. The lowest BCUT2D eigenvalue weighted by Gasteiger charge is -2.09. The molecule has 0 aliphatic heterocycles. The monoisotopic (exact) mass is 384 g/mol. The molecule has 4 nitrogen and oxygen atoms in total. The van der Waals surface area contributed by atoms with Crippen molar-refractivity contribution < 1.29 is 9.21 Å². The molecule has 2 aromatic rings. The number of rotatable bonds is 5. The number of anilines is 1. The first kappa shape index (κ1) is 14.9. The van der Waals surface area contributed by atoms with Crippen molar-refractivity contribution in [1.29, 1.82) is 0 Å². The van der Waals surface area contributed by atoms with Gasteiger partial charge in [0, 0.05) is 17.3 Å². The van der Waals surface area contributed by atoms with Crippen molar-refractivity contribution in [3.8, 4) is 0 Å². The van der Waals surface area contributed by atoms with Gasteiger partial charge in [-0.2, -0.15) is 0 Å². The van der Waals surface area contributed by atoms with Crippen LogP contribution >= 0.6 is 22.6 Å². The molecule has 0 saturated carbocycles. The highest BCUT2D eigenvalue weighted by Gasteiger charge is 2.06. The molecule has 1 amide bonds. The fourth-order valence-electron chi connectivity index (χ4n) is 1.72. The Bertz CT molecular complexity index is 576. The van der Waals surface area contributed by atoms with Gasteiger partial charge in [-0.1, -0.05) is 0 Å². The molecule has 0 saturated heterocycles. The molecule has 0 aliphatic carbocycles. The molecule has 0 aliphatic rings. The zero-order valence-corrected chi connectivity index (χ0v) is 13.6. The van der Waals surface area contributed by atoms with Crippen LogP contribution in [-0.2, 0) is 6.54 Å². The highest BCUT2D eigenvalue weighted by Crippen LogP contribution is 2.14. The van der Waals surface area contributed by atoms with Crippen molar-refractivity contribution >= 4 is 34.2 Å². The van der Waals surface area contributed by atoms with E-state index >= 15 is 0 Å². The van der Waals surface area contributed by atoms with Gasteiger partial charge in [0.15, 0.2) is 3.77 Å². The van der Waals surface area contributed by atoms with Crippen molar-refractivity contribution in [3.05, 3.63) is 51.5 Å². The summed E-state index contributed by atoms with van der Waals surface area (Å²) in [6.45, 7) is 4.51. The van der Waals surface area contributed by atoms with Crippen LogP contribution in [0.25, 0.3) is 0 Å². The summed E-state index contributed by atoms with van der Waals surface area (Å²) in [5.74, 6) is 0.836. The molecule has 1 aromatic carbocycles. The molecule has 0 spiro atoms. The maximum absolute atomic E-state index is 11.8. The average Bonchev–Trinajstić information content (AvgIpc) is 2.82. The number of benzene rings is 1. The Kier molecular flexibility index (Phi) is 5.05. The minimum atomic E-state index is -0.0489. The lowest BCUT2D eigenvalue weighted by atomic mass is 10.2. The summed E-state index contributed by atoms with van der Waals surface area (Å²) >= 11 is 2.14. The van der Waals surface area contributed by atoms with Crippen LogP contribution in [0.15, 0.2) is 40.8 Å². The number of hydrogen-bond acceptors (Lipinski definition) is 3. The highest BCUT2D eigenvalue weighted by molar-refractivity contribution is 14.1. The van der Waals surface area contributed by atoms with Gasteiger partial charge in [-0.25, -0.2) is 0 Å². The Morgan fingerprint density at radius 2 is 1.90 bits per heavy atom. The maximum Gasteiger partial charge on any atom is 0.251 e. The molecule has 20 heavy (non-hydrogen) atoms. The second-order valence-electron chi connectivity index (χ2n) is 4.76. The third-order valence-corrected chi connectivity index (χ3v) is 3.24. The quantitative estimate of drug-likeness (QED) is 0.775. The third-order valence-electron chi connectivity index (χ3n) is 2.66. The van der Waals surface area contributed by atoms with Crippen LogP contribution in [-0.4, -0.2) is 11.9 Å². The van der Waals surface area contributed by atoms with Gasteiger partial charge in [-0.3, -0.25) is 4.79 Å². The molecular formula is C15H17IN2O2. The number of halogens is 1. The fourth-order valence-corrected chi connectivity index (χ4v) is 2.18. The second-order valence-corrected chi connectivity index (χ2v) is 5.83. The zero-order chi connectivity index (χ0) is 14.5. The van der Waals surface area contributed by atoms with Gasteiger partial charge >= 0.3 is 0 Å². The number of hydrogen-bond donors (Lipinski definition) is 2. The molecule has 2 N–H and O–H groups in total. The Hall–Kier alpha value is -1.50. The molecular weight excluding hydrogens is 367 g/mol. The van der Waals surface area contributed by atoms with Gasteiger partial charge < -0.3 is 15.1 Å². The molecule has 0 atom stereocenters. The summed E-state index contributed by atoms with van der Waals surface area (Å²) in [7, 11) is 0. The normalized spacial score (nSPS) is 10.6. The van der Waals surface area contributed by atoms with Crippen LogP contribution in [0.4, 0.5) is 5.69 Å². The molecule has 2 rings (SSSR count). The Balaban J connectivity index is 1.93. The number of amides is 1. The van der Waals surface area contributed by atoms with Crippen molar-refractivity contribution in [2.75, 3.05) is 5.32 Å². The van der Waals surface area contributed by atoms with Crippen LogP contribution in [0.3, 0.4) is 0 Å². The SMILES string of the molecule is CC(C)NC(=O)c1ccc(NCc2ccc(I)o2)cc1. The lowest BCUT2D eigenvalue weighted by molar-refractivity contribution is 0.0943. The highest BCUT2D eigenvalue weighted by atomic mass is 127. The molecule has 0 bridgehead atoms. The van der Waals surface area contributed by atoms with E-state index in [0.29, 0.717) is 12.1 Å². The molecule has 1 aromatic heterocycles. The summed E-state index contributed by atoms with van der Waals surface area (Å²) in [5.41, 5.74) is 1.62. The average molecular weight is 384 g/mol. The standard InChI is InChI=1S/C15H17IN2O2/c1-10(2)18-15(19)11-3-5-12(6-4-11)17-9-13-7-8-14(16)20-13/h3-8,10,17H,9H2,1-2H3,(H,18,19). The molecule has 0 unspecified atom stereocenters.